The minimum absolute atomic E-state index is 0.0520. The van der Waals surface area contributed by atoms with Gasteiger partial charge < -0.3 is 20.0 Å². The van der Waals surface area contributed by atoms with E-state index < -0.39 is 17.4 Å². The predicted molar refractivity (Wildman–Crippen MR) is 185 cm³/mol. The molecule has 0 fully saturated rings. The number of fused-ring (bicyclic) bond motifs is 2. The average molecular weight is 696 g/mol. The topological polar surface area (TPSA) is 119 Å². The van der Waals surface area contributed by atoms with Crippen molar-refractivity contribution in [3.05, 3.63) is 141 Å². The number of hydrogen-bond donors (Lipinski definition) is 3. The number of nitrogens with zero attached hydrogens (tertiary/aromatic N) is 3. The number of carbonyl (C=O) groups is 2. The van der Waals surface area contributed by atoms with Crippen molar-refractivity contribution >= 4 is 44.3 Å². The molecule has 4 aromatic carbocycles. The van der Waals surface area contributed by atoms with Gasteiger partial charge in [0.25, 0.3) is 11.5 Å². The predicted octanol–water partition coefficient (Wildman–Crippen LogP) is 5.42. The highest BCUT2D eigenvalue weighted by Gasteiger charge is 2.52. The number of halogens is 1. The second kappa shape index (κ2) is 13.5. The monoisotopic (exact) mass is 694 g/mol. The van der Waals surface area contributed by atoms with Crippen LogP contribution in [0.4, 0.5) is 5.69 Å². The number of amides is 2. The number of benzene rings is 4. The molecule has 1 aliphatic rings. The van der Waals surface area contributed by atoms with Crippen molar-refractivity contribution in [3.63, 3.8) is 0 Å². The van der Waals surface area contributed by atoms with Crippen LogP contribution in [0, 0.1) is 5.92 Å². The first-order valence-electron chi connectivity index (χ1n) is 15.4. The van der Waals surface area contributed by atoms with Crippen LogP contribution in [0.5, 0.6) is 0 Å². The van der Waals surface area contributed by atoms with Crippen LogP contribution < -0.4 is 10.5 Å². The summed E-state index contributed by atoms with van der Waals surface area (Å²) in [6, 6.07) is 29.6. The van der Waals surface area contributed by atoms with Gasteiger partial charge in [-0.05, 0) is 53.6 Å². The molecule has 0 unspecified atom stereocenters. The van der Waals surface area contributed by atoms with Crippen molar-refractivity contribution in [1.29, 1.82) is 0 Å². The molecule has 9 nitrogen and oxygen atoms in total. The lowest BCUT2D eigenvalue weighted by Gasteiger charge is -2.28. The Hall–Kier alpha value is -4.77. The van der Waals surface area contributed by atoms with Gasteiger partial charge in [0.15, 0.2) is 5.60 Å². The number of aliphatic hydroxyl groups is 2. The van der Waals surface area contributed by atoms with Gasteiger partial charge in [0.05, 0.1) is 35.4 Å². The molecule has 0 radical (unpaired) electrons. The van der Waals surface area contributed by atoms with Gasteiger partial charge in [0.2, 0.25) is 5.91 Å². The molecule has 1 aromatic heterocycles. The maximum Gasteiger partial charge on any atom is 0.279 e. The highest BCUT2D eigenvalue weighted by molar-refractivity contribution is 9.10. The molecule has 0 saturated heterocycles. The quantitative estimate of drug-likeness (QED) is 0.160. The van der Waals surface area contributed by atoms with Crippen LogP contribution in [0.3, 0.4) is 0 Å². The van der Waals surface area contributed by atoms with E-state index in [1.165, 1.54) is 4.68 Å². The molecule has 0 aliphatic carbocycles. The summed E-state index contributed by atoms with van der Waals surface area (Å²) < 4.78 is 2.20. The van der Waals surface area contributed by atoms with Gasteiger partial charge in [-0.2, -0.15) is 0 Å². The summed E-state index contributed by atoms with van der Waals surface area (Å²) in [6.45, 7) is 2.34. The zero-order chi connectivity index (χ0) is 33.1. The van der Waals surface area contributed by atoms with E-state index in [2.05, 4.69) is 21.0 Å². The van der Waals surface area contributed by atoms with Crippen molar-refractivity contribution in [2.24, 2.45) is 5.92 Å². The van der Waals surface area contributed by atoms with E-state index in [4.69, 9.17) is 0 Å². The molecule has 5 aromatic rings. The zero-order valence-corrected chi connectivity index (χ0v) is 27.4. The number of anilines is 1. The molecule has 2 heterocycles. The Morgan fingerprint density at radius 1 is 0.979 bits per heavy atom. The van der Waals surface area contributed by atoms with Gasteiger partial charge >= 0.3 is 0 Å². The average Bonchev–Trinajstić information content (AvgIpc) is 3.52. The fourth-order valence-corrected chi connectivity index (χ4v) is 6.51. The molecule has 0 bridgehead atoms. The van der Waals surface area contributed by atoms with Crippen LogP contribution in [0.2, 0.25) is 0 Å². The van der Waals surface area contributed by atoms with Crippen molar-refractivity contribution < 1.29 is 19.8 Å². The molecule has 6 rings (SSSR count). The summed E-state index contributed by atoms with van der Waals surface area (Å²) in [4.78, 5) is 43.4. The van der Waals surface area contributed by atoms with Crippen molar-refractivity contribution in [2.75, 3.05) is 18.1 Å². The van der Waals surface area contributed by atoms with Crippen LogP contribution in [-0.2, 0) is 28.3 Å². The lowest BCUT2D eigenvalue weighted by Crippen LogP contribution is -2.44. The molecule has 0 saturated carbocycles. The highest BCUT2D eigenvalue weighted by Crippen LogP contribution is 2.46. The zero-order valence-electron chi connectivity index (χ0n) is 25.8. The number of rotatable bonds is 11. The Bertz CT molecular complexity index is 2020. The first-order chi connectivity index (χ1) is 22.7. The van der Waals surface area contributed by atoms with E-state index in [9.17, 15) is 24.6 Å². The van der Waals surface area contributed by atoms with Crippen LogP contribution in [0.25, 0.3) is 16.6 Å². The van der Waals surface area contributed by atoms with Gasteiger partial charge in [-0.1, -0.05) is 89.6 Å². The van der Waals surface area contributed by atoms with Crippen LogP contribution in [0.1, 0.15) is 30.0 Å². The molecular formula is C37H35BrN4O5. The molecule has 2 amide bonds. The van der Waals surface area contributed by atoms with E-state index in [0.717, 1.165) is 21.1 Å². The highest BCUT2D eigenvalue weighted by atomic mass is 79.9. The molecule has 3 N–H and O–H groups in total. The Labute approximate surface area is 280 Å². The summed E-state index contributed by atoms with van der Waals surface area (Å²) in [5.74, 6) is -1.32. The van der Waals surface area contributed by atoms with Gasteiger partial charge in [0, 0.05) is 35.5 Å². The summed E-state index contributed by atoms with van der Waals surface area (Å²) in [5, 5.41) is 25.4. The first-order valence-corrected chi connectivity index (χ1v) is 16.2. The smallest absolute Gasteiger partial charge is 0.279 e. The molecule has 240 valence electrons. The summed E-state index contributed by atoms with van der Waals surface area (Å²) in [6.07, 6.45) is 3.43. The van der Waals surface area contributed by atoms with Crippen LogP contribution in [-0.4, -0.2) is 49.9 Å². The number of hydrogen-bond acceptors (Lipinski definition) is 5. The third-order valence-corrected chi connectivity index (χ3v) is 9.14. The van der Waals surface area contributed by atoms with Crippen LogP contribution in [0.15, 0.2) is 118 Å². The third kappa shape index (κ3) is 6.32. The minimum Gasteiger partial charge on any atom is -0.395 e. The Kier molecular flexibility index (Phi) is 9.26. The first kappa shape index (κ1) is 32.2. The molecule has 1 aliphatic heterocycles. The number of aromatic amines is 1. The lowest BCUT2D eigenvalue weighted by molar-refractivity contribution is -0.139. The van der Waals surface area contributed by atoms with Crippen molar-refractivity contribution in [1.82, 2.24) is 14.7 Å². The number of H-pyrrole nitrogens is 1. The number of nitrogens with one attached hydrogen (secondary N) is 1. The minimum atomic E-state index is -1.88. The lowest BCUT2D eigenvalue weighted by atomic mass is 9.83. The van der Waals surface area contributed by atoms with Crippen molar-refractivity contribution in [2.45, 2.75) is 32.0 Å². The fraction of sp³-hybridized carbons (Fsp3) is 0.216. The van der Waals surface area contributed by atoms with E-state index in [1.807, 2.05) is 78.9 Å². The maximum atomic E-state index is 14.1. The normalized spacial score (nSPS) is 16.6. The Morgan fingerprint density at radius 2 is 1.72 bits per heavy atom. The third-order valence-electron chi connectivity index (χ3n) is 8.65. The molecular weight excluding hydrogens is 660 g/mol. The molecule has 10 heteroatoms. The standard InChI is InChI=1S/C37H35BrN4O5/c1-25(9-7-16-34(44)40(19-20-43)23-26-10-3-2-4-11-26)37(47)31-22-28(38)17-18-33(31)41(36(37)46)24-27-12-8-13-29(21-27)42-35(45)30-14-5-6-15-32(30)39-42/h2-15,17-18,21-22,25,39,43,47H,16,19-20,23-24H2,1H3/b9-7+/t25-,37+/m1/s1. The van der Waals surface area contributed by atoms with Gasteiger partial charge in [-0.3, -0.25) is 19.5 Å². The number of carbonyl (C=O) groups excluding carboxylic acids is 2. The number of aromatic nitrogens is 2. The number of para-hydroxylation sites is 1. The molecule has 2 atom stereocenters. The van der Waals surface area contributed by atoms with E-state index in [1.54, 1.807) is 47.1 Å². The maximum absolute atomic E-state index is 14.1. The Balaban J connectivity index is 1.23. The van der Waals surface area contributed by atoms with Crippen molar-refractivity contribution in [3.8, 4) is 5.69 Å². The van der Waals surface area contributed by atoms with E-state index in [-0.39, 0.29) is 37.6 Å². The van der Waals surface area contributed by atoms with E-state index >= 15 is 0 Å². The fourth-order valence-electron chi connectivity index (χ4n) is 6.15. The second-order valence-electron chi connectivity index (χ2n) is 11.7. The summed E-state index contributed by atoms with van der Waals surface area (Å²) >= 11 is 3.49. The van der Waals surface area contributed by atoms with Crippen LogP contribution >= 0.6 is 15.9 Å². The SMILES string of the molecule is C[C@H](/C=C/CC(=O)N(CCO)Cc1ccccc1)[C@@]1(O)C(=O)N(Cc2cccc(-n3[nH]c4ccccc4c3=O)c2)c2ccc(Br)cc21. The molecule has 47 heavy (non-hydrogen) atoms. The van der Waals surface area contributed by atoms with E-state index in [0.29, 0.717) is 28.9 Å². The second-order valence-corrected chi connectivity index (χ2v) is 12.6. The van der Waals surface area contributed by atoms with Gasteiger partial charge in [-0.15, -0.1) is 0 Å². The Morgan fingerprint density at radius 3 is 2.49 bits per heavy atom. The summed E-state index contributed by atoms with van der Waals surface area (Å²) in [5.41, 5.74) is 2.09. The molecule has 0 spiro atoms. The largest absolute Gasteiger partial charge is 0.395 e. The summed E-state index contributed by atoms with van der Waals surface area (Å²) in [7, 11) is 0. The van der Waals surface area contributed by atoms with Gasteiger partial charge in [0.1, 0.15) is 0 Å². The number of aliphatic hydroxyl groups excluding tert-OH is 1. The van der Waals surface area contributed by atoms with Gasteiger partial charge in [-0.25, -0.2) is 4.68 Å².